The molecule has 6 heteroatoms. The minimum absolute atomic E-state index is 0.211. The van der Waals surface area contributed by atoms with E-state index in [0.717, 1.165) is 32.8 Å². The average molecular weight is 333 g/mol. The molecule has 0 fully saturated rings. The summed E-state index contributed by atoms with van der Waals surface area (Å²) in [5.41, 5.74) is 0.0769. The molecule has 2 nitrogen and oxygen atoms in total. The number of aryl methyl sites for hydroxylation is 1. The van der Waals surface area contributed by atoms with Gasteiger partial charge in [-0.1, -0.05) is 0 Å². The Kier molecular flexibility index (Phi) is 3.49. The van der Waals surface area contributed by atoms with Gasteiger partial charge in [-0.15, -0.1) is 11.3 Å². The zero-order valence-corrected chi connectivity index (χ0v) is 11.5. The Balaban J connectivity index is 2.56. The number of hydrogen-bond acceptors (Lipinski definition) is 3. The minimum Gasteiger partial charge on any atom is -0.505 e. The Morgan fingerprint density at radius 3 is 2.61 bits per heavy atom. The smallest absolute Gasteiger partial charge is 0.209 e. The second-order valence-electron chi connectivity index (χ2n) is 3.65. The minimum atomic E-state index is -1.23. The van der Waals surface area contributed by atoms with Crippen molar-refractivity contribution in [3.8, 4) is 5.75 Å². The summed E-state index contributed by atoms with van der Waals surface area (Å²) in [4.78, 5) is 12.2. The highest BCUT2D eigenvalue weighted by atomic mass is 79.9. The molecule has 0 amide bonds. The van der Waals surface area contributed by atoms with Gasteiger partial charge in [0.2, 0.25) is 5.78 Å². The van der Waals surface area contributed by atoms with Crippen LogP contribution in [-0.2, 0) is 0 Å². The number of ketones is 1. The highest BCUT2D eigenvalue weighted by Gasteiger charge is 2.23. The first kappa shape index (κ1) is 13.2. The quantitative estimate of drug-likeness (QED) is 0.843. The number of rotatable bonds is 2. The zero-order chi connectivity index (χ0) is 13.4. The lowest BCUT2D eigenvalue weighted by Crippen LogP contribution is -2.06. The molecule has 18 heavy (non-hydrogen) atoms. The van der Waals surface area contributed by atoms with Crippen LogP contribution in [0.2, 0.25) is 0 Å². The number of thiophene rings is 1. The Morgan fingerprint density at radius 2 is 2.06 bits per heavy atom. The average Bonchev–Trinajstić information content (AvgIpc) is 2.65. The first-order valence-electron chi connectivity index (χ1n) is 4.89. The molecule has 0 unspecified atom stereocenters. The summed E-state index contributed by atoms with van der Waals surface area (Å²) in [6, 6.07) is 3.28. The van der Waals surface area contributed by atoms with Crippen LogP contribution in [-0.4, -0.2) is 10.9 Å². The van der Waals surface area contributed by atoms with Gasteiger partial charge in [-0.25, -0.2) is 8.78 Å². The summed E-state index contributed by atoms with van der Waals surface area (Å²) in [6.07, 6.45) is 0. The number of phenolic OH excluding ortho intramolecular Hbond substituents is 1. The van der Waals surface area contributed by atoms with E-state index in [9.17, 15) is 18.7 Å². The van der Waals surface area contributed by atoms with Crippen molar-refractivity contribution >= 4 is 33.0 Å². The third kappa shape index (κ3) is 2.18. The Hall–Kier alpha value is -1.27. The van der Waals surface area contributed by atoms with Gasteiger partial charge in [0.05, 0.1) is 14.2 Å². The zero-order valence-electron chi connectivity index (χ0n) is 9.13. The molecule has 0 saturated heterocycles. The number of halogens is 3. The van der Waals surface area contributed by atoms with Crippen molar-refractivity contribution in [3.05, 3.63) is 49.6 Å². The Morgan fingerprint density at radius 1 is 1.39 bits per heavy atom. The van der Waals surface area contributed by atoms with Gasteiger partial charge in [-0.05, 0) is 46.6 Å². The van der Waals surface area contributed by atoms with Crippen molar-refractivity contribution in [2.24, 2.45) is 0 Å². The van der Waals surface area contributed by atoms with Gasteiger partial charge in [0.15, 0.2) is 11.6 Å². The van der Waals surface area contributed by atoms with Gasteiger partial charge in [-0.2, -0.15) is 0 Å². The van der Waals surface area contributed by atoms with E-state index in [1.54, 1.807) is 13.0 Å². The number of carbonyl (C=O) groups excluding carboxylic acids is 1. The molecule has 0 spiro atoms. The molecule has 1 aromatic carbocycles. The van der Waals surface area contributed by atoms with E-state index >= 15 is 0 Å². The predicted octanol–water partition coefficient (Wildman–Crippen LogP) is 4.03. The fourth-order valence-corrected chi connectivity index (χ4v) is 2.93. The monoisotopic (exact) mass is 332 g/mol. The van der Waals surface area contributed by atoms with Crippen LogP contribution in [0.1, 0.15) is 20.8 Å². The number of phenols is 1. The first-order valence-corrected chi connectivity index (χ1v) is 6.50. The molecule has 0 aliphatic carbocycles. The Labute approximate surface area is 114 Å². The highest BCUT2D eigenvalue weighted by molar-refractivity contribution is 9.11. The van der Waals surface area contributed by atoms with Crippen molar-refractivity contribution in [2.75, 3.05) is 0 Å². The maximum Gasteiger partial charge on any atom is 0.209 e. The number of aromatic hydroxyl groups is 1. The van der Waals surface area contributed by atoms with E-state index in [-0.39, 0.29) is 4.88 Å². The van der Waals surface area contributed by atoms with Gasteiger partial charge < -0.3 is 5.11 Å². The van der Waals surface area contributed by atoms with E-state index in [4.69, 9.17) is 0 Å². The maximum atomic E-state index is 13.6. The van der Waals surface area contributed by atoms with Crippen molar-refractivity contribution in [1.29, 1.82) is 0 Å². The first-order chi connectivity index (χ1) is 8.41. The molecule has 0 atom stereocenters. The summed E-state index contributed by atoms with van der Waals surface area (Å²) in [7, 11) is 0. The number of benzene rings is 1. The SMILES string of the molecule is Cc1cc(C(=O)c2c(F)ccc(O)c2F)sc1Br. The second-order valence-corrected chi connectivity index (χ2v) is 6.02. The van der Waals surface area contributed by atoms with Crippen LogP contribution < -0.4 is 0 Å². The van der Waals surface area contributed by atoms with Crippen molar-refractivity contribution in [3.63, 3.8) is 0 Å². The second kappa shape index (κ2) is 4.78. The summed E-state index contributed by atoms with van der Waals surface area (Å²) < 4.78 is 27.8. The van der Waals surface area contributed by atoms with Crippen molar-refractivity contribution in [1.82, 2.24) is 0 Å². The van der Waals surface area contributed by atoms with Gasteiger partial charge in [-0.3, -0.25) is 4.79 Å². The third-order valence-electron chi connectivity index (χ3n) is 2.38. The van der Waals surface area contributed by atoms with E-state index < -0.39 is 28.7 Å². The van der Waals surface area contributed by atoms with Crippen LogP contribution in [0.5, 0.6) is 5.75 Å². The fourth-order valence-electron chi connectivity index (χ4n) is 1.44. The molecule has 94 valence electrons. The molecule has 0 aliphatic rings. The lowest BCUT2D eigenvalue weighted by Gasteiger charge is -2.03. The molecule has 0 radical (unpaired) electrons. The molecule has 1 N–H and O–H groups in total. The van der Waals surface area contributed by atoms with Crippen molar-refractivity contribution < 1.29 is 18.7 Å². The largest absolute Gasteiger partial charge is 0.505 e. The summed E-state index contributed by atoms with van der Waals surface area (Å²) >= 11 is 4.33. The molecule has 2 aromatic rings. The standard InChI is InChI=1S/C12H7BrF2O2S/c1-5-4-8(18-12(5)13)11(17)9-6(14)2-3-7(16)10(9)15/h2-4,16H,1H3. The fraction of sp³-hybridized carbons (Fsp3) is 0.0833. The number of carbonyl (C=O) groups is 1. The summed E-state index contributed by atoms with van der Waals surface area (Å²) in [5, 5.41) is 9.18. The van der Waals surface area contributed by atoms with Gasteiger partial charge in [0.1, 0.15) is 5.82 Å². The Bertz CT molecular complexity index is 618. The van der Waals surface area contributed by atoms with Gasteiger partial charge in [0, 0.05) is 0 Å². The molecule has 2 rings (SSSR count). The van der Waals surface area contributed by atoms with E-state index in [1.165, 1.54) is 0 Å². The predicted molar refractivity (Wildman–Crippen MR) is 68.2 cm³/mol. The molecule has 1 heterocycles. The molecular formula is C12H7BrF2O2S. The summed E-state index contributed by atoms with van der Waals surface area (Å²) in [6.45, 7) is 1.77. The van der Waals surface area contributed by atoms with E-state index in [0.29, 0.717) is 0 Å². The maximum absolute atomic E-state index is 13.6. The molecule has 0 saturated carbocycles. The van der Waals surface area contributed by atoms with E-state index in [1.807, 2.05) is 0 Å². The van der Waals surface area contributed by atoms with E-state index in [2.05, 4.69) is 15.9 Å². The molecule has 1 aromatic heterocycles. The molecule has 0 aliphatic heterocycles. The van der Waals surface area contributed by atoms with Crippen LogP contribution in [0.4, 0.5) is 8.78 Å². The van der Waals surface area contributed by atoms with Crippen LogP contribution >= 0.6 is 27.3 Å². The van der Waals surface area contributed by atoms with Gasteiger partial charge >= 0.3 is 0 Å². The van der Waals surface area contributed by atoms with Crippen LogP contribution in [0, 0.1) is 18.6 Å². The lowest BCUT2D eigenvalue weighted by atomic mass is 10.1. The molecular weight excluding hydrogens is 326 g/mol. The van der Waals surface area contributed by atoms with Crippen LogP contribution in [0.15, 0.2) is 22.0 Å². The van der Waals surface area contributed by atoms with Gasteiger partial charge in [0.25, 0.3) is 0 Å². The lowest BCUT2D eigenvalue weighted by molar-refractivity contribution is 0.103. The van der Waals surface area contributed by atoms with Crippen LogP contribution in [0.25, 0.3) is 0 Å². The number of hydrogen-bond donors (Lipinski definition) is 1. The normalized spacial score (nSPS) is 10.7. The molecule has 0 bridgehead atoms. The highest BCUT2D eigenvalue weighted by Crippen LogP contribution is 2.31. The summed E-state index contributed by atoms with van der Waals surface area (Å²) in [5.74, 6) is -3.74. The third-order valence-corrected chi connectivity index (χ3v) is 4.51. The topological polar surface area (TPSA) is 37.3 Å². The van der Waals surface area contributed by atoms with Crippen molar-refractivity contribution in [2.45, 2.75) is 6.92 Å². The van der Waals surface area contributed by atoms with Crippen LogP contribution in [0.3, 0.4) is 0 Å².